The van der Waals surface area contributed by atoms with Gasteiger partial charge in [0.05, 0.1) is 10.6 Å². The summed E-state index contributed by atoms with van der Waals surface area (Å²) in [6.45, 7) is 0. The lowest BCUT2D eigenvalue weighted by Gasteiger charge is -2.13. The third-order valence-electron chi connectivity index (χ3n) is 5.34. The molecule has 0 radical (unpaired) electrons. The third-order valence-corrected chi connectivity index (χ3v) is 7.92. The number of nitrogens with one attached hydrogen (secondary N) is 2. The van der Waals surface area contributed by atoms with Gasteiger partial charge in [-0.25, -0.2) is 0 Å². The fraction of sp³-hybridized carbons (Fsp3) is 0.0476. The zero-order valence-corrected chi connectivity index (χ0v) is 23.8. The largest absolute Gasteiger partial charge is 0.507 e. The summed E-state index contributed by atoms with van der Waals surface area (Å²) in [7, 11) is -14.5. The van der Waals surface area contributed by atoms with E-state index < -0.39 is 86.0 Å². The highest BCUT2D eigenvalue weighted by Gasteiger charge is 2.21. The lowest BCUT2D eigenvalue weighted by molar-refractivity contribution is 0.471. The van der Waals surface area contributed by atoms with Gasteiger partial charge < -0.3 is 15.7 Å². The molecule has 0 aliphatic heterocycles. The van der Waals surface area contributed by atoms with E-state index in [4.69, 9.17) is 16.2 Å². The molecule has 4 aromatic rings. The summed E-state index contributed by atoms with van der Waals surface area (Å²) in [5.41, 5.74) is -1.46. The number of phenolic OH excluding ortho intramolecular Hbond substituents is 1. The van der Waals surface area contributed by atoms with Gasteiger partial charge in [-0.05, 0) is 36.4 Å². The van der Waals surface area contributed by atoms with Crippen LogP contribution in [0.5, 0.6) is 5.75 Å². The number of fused-ring (bicyclic) bond motifs is 1. The topological polar surface area (TPSA) is 258 Å². The van der Waals surface area contributed by atoms with E-state index in [1.165, 1.54) is 6.07 Å². The second-order valence-electron chi connectivity index (χ2n) is 8.31. The predicted molar refractivity (Wildman–Crippen MR) is 146 cm³/mol. The SMILES string of the molecule is O=S(=O)(O)CNc1ccc2c(O)cc(S(=O)(=O)O)cc2c1N=Nc1cc(Nc2nc(F)nc(F)c2Cl)ccc1S(=O)(=O)O. The van der Waals surface area contributed by atoms with Gasteiger partial charge in [0.25, 0.3) is 30.4 Å². The number of nitrogens with zero attached hydrogens (tertiary/aromatic N) is 4. The first-order valence-electron chi connectivity index (χ1n) is 11.0. The number of halogens is 3. The monoisotopic (exact) mass is 680 g/mol. The van der Waals surface area contributed by atoms with Gasteiger partial charge in [-0.2, -0.15) is 44.0 Å². The molecule has 228 valence electrons. The van der Waals surface area contributed by atoms with E-state index in [0.29, 0.717) is 6.07 Å². The number of anilines is 3. The molecule has 0 saturated carbocycles. The van der Waals surface area contributed by atoms with Crippen LogP contribution in [0.1, 0.15) is 0 Å². The van der Waals surface area contributed by atoms with Crippen molar-refractivity contribution in [2.45, 2.75) is 9.79 Å². The van der Waals surface area contributed by atoms with Gasteiger partial charge in [0, 0.05) is 22.5 Å². The van der Waals surface area contributed by atoms with Gasteiger partial charge in [-0.3, -0.25) is 13.7 Å². The summed E-state index contributed by atoms with van der Waals surface area (Å²) in [6, 6.07) is 6.65. The number of hydrogen-bond acceptors (Lipinski definition) is 13. The Morgan fingerprint density at radius 2 is 1.56 bits per heavy atom. The molecule has 0 fully saturated rings. The summed E-state index contributed by atoms with van der Waals surface area (Å²) < 4.78 is 126. The molecular weight excluding hydrogens is 666 g/mol. The van der Waals surface area contributed by atoms with Crippen molar-refractivity contribution in [3.8, 4) is 5.75 Å². The van der Waals surface area contributed by atoms with Crippen LogP contribution >= 0.6 is 11.6 Å². The van der Waals surface area contributed by atoms with Crippen LogP contribution in [-0.2, 0) is 30.4 Å². The number of rotatable bonds is 9. The van der Waals surface area contributed by atoms with Crippen LogP contribution < -0.4 is 10.6 Å². The molecule has 0 saturated heterocycles. The zero-order valence-electron chi connectivity index (χ0n) is 20.6. The first-order valence-corrected chi connectivity index (χ1v) is 15.9. The van der Waals surface area contributed by atoms with Crippen LogP contribution in [0.4, 0.5) is 37.3 Å². The molecule has 1 heterocycles. The van der Waals surface area contributed by atoms with Crippen molar-refractivity contribution in [3.05, 3.63) is 59.5 Å². The predicted octanol–water partition coefficient (Wildman–Crippen LogP) is 4.18. The van der Waals surface area contributed by atoms with E-state index in [9.17, 15) is 48.2 Å². The summed E-state index contributed by atoms with van der Waals surface area (Å²) >= 11 is 5.74. The smallest absolute Gasteiger partial charge is 0.313 e. The van der Waals surface area contributed by atoms with E-state index in [0.717, 1.165) is 30.3 Å². The Bertz CT molecular complexity index is 2150. The fourth-order valence-corrected chi connectivity index (χ4v) is 5.15. The highest BCUT2D eigenvalue weighted by atomic mass is 35.5. The Labute approximate surface area is 245 Å². The molecule has 16 nitrogen and oxygen atoms in total. The number of aromatic hydroxyl groups is 1. The van der Waals surface area contributed by atoms with Crippen LogP contribution in [-0.4, -0.2) is 59.9 Å². The number of benzene rings is 3. The van der Waals surface area contributed by atoms with Gasteiger partial charge in [-0.1, -0.05) is 11.6 Å². The molecular formula is C21H15ClF2N6O10S3. The maximum atomic E-state index is 13.7. The number of aromatic nitrogens is 2. The third kappa shape index (κ3) is 7.45. The van der Waals surface area contributed by atoms with Crippen LogP contribution in [0.2, 0.25) is 5.02 Å². The average molecular weight is 681 g/mol. The van der Waals surface area contributed by atoms with Crippen molar-refractivity contribution < 1.29 is 52.8 Å². The zero-order chi connectivity index (χ0) is 31.9. The van der Waals surface area contributed by atoms with Gasteiger partial charge >= 0.3 is 6.08 Å². The molecule has 6 N–H and O–H groups in total. The minimum Gasteiger partial charge on any atom is -0.507 e. The Morgan fingerprint density at radius 1 is 0.860 bits per heavy atom. The van der Waals surface area contributed by atoms with Crippen molar-refractivity contribution in [3.63, 3.8) is 0 Å². The average Bonchev–Trinajstić information content (AvgIpc) is 2.87. The molecule has 0 aliphatic rings. The molecule has 1 aromatic heterocycles. The van der Waals surface area contributed by atoms with Crippen LogP contribution in [0.3, 0.4) is 0 Å². The van der Waals surface area contributed by atoms with Gasteiger partial charge in [-0.15, -0.1) is 10.2 Å². The Morgan fingerprint density at radius 3 is 2.19 bits per heavy atom. The van der Waals surface area contributed by atoms with E-state index in [-0.39, 0.29) is 22.1 Å². The minimum atomic E-state index is -5.00. The van der Waals surface area contributed by atoms with Gasteiger partial charge in [0.2, 0.25) is 5.95 Å². The molecule has 3 aromatic carbocycles. The molecule has 0 amide bonds. The standard InChI is InChI=1S/C21H15ClF2N6O10S3/c22-17-19(23)27-21(24)28-20(17)26-9-1-4-16(43(38,39)40)14(5-9)29-30-18-12-6-10(42(35,36)37)7-15(31)11(12)2-3-13(18)25-8-41(32,33)34/h1-7,25,31H,8H2,(H,26,27,28)(H,32,33,34)(H,35,36,37)(H,38,39,40). The number of phenols is 1. The summed E-state index contributed by atoms with van der Waals surface area (Å²) in [6.07, 6.45) is -1.49. The molecule has 22 heteroatoms. The first-order chi connectivity index (χ1) is 19.8. The molecule has 0 spiro atoms. The van der Waals surface area contributed by atoms with Crippen LogP contribution in [0.25, 0.3) is 10.8 Å². The highest BCUT2D eigenvalue weighted by Crippen LogP contribution is 2.41. The normalized spacial score (nSPS) is 12.6. The van der Waals surface area contributed by atoms with Crippen molar-refractivity contribution in [2.75, 3.05) is 16.5 Å². The molecule has 0 aliphatic carbocycles. The number of azo groups is 1. The molecule has 4 rings (SSSR count). The van der Waals surface area contributed by atoms with Crippen molar-refractivity contribution in [1.82, 2.24) is 9.97 Å². The lowest BCUT2D eigenvalue weighted by Crippen LogP contribution is -2.13. The summed E-state index contributed by atoms with van der Waals surface area (Å²) in [4.78, 5) is 4.43. The van der Waals surface area contributed by atoms with Crippen LogP contribution in [0.15, 0.2) is 62.5 Å². The molecule has 43 heavy (non-hydrogen) atoms. The van der Waals surface area contributed by atoms with Crippen LogP contribution in [0, 0.1) is 12.0 Å². The van der Waals surface area contributed by atoms with E-state index >= 15 is 0 Å². The second kappa shape index (κ2) is 11.5. The maximum Gasteiger partial charge on any atom is 0.313 e. The Balaban J connectivity index is 1.93. The van der Waals surface area contributed by atoms with E-state index in [1.54, 1.807) is 0 Å². The Kier molecular flexibility index (Phi) is 8.52. The van der Waals surface area contributed by atoms with Gasteiger partial charge in [0.15, 0.2) is 5.82 Å². The number of hydrogen-bond donors (Lipinski definition) is 6. The minimum absolute atomic E-state index is 0.0911. The quantitative estimate of drug-likeness (QED) is 0.0627. The maximum absolute atomic E-state index is 13.7. The molecule has 0 unspecified atom stereocenters. The summed E-state index contributed by atoms with van der Waals surface area (Å²) in [5, 5.41) is 21.6. The fourth-order valence-electron chi connectivity index (χ4n) is 3.55. The first kappa shape index (κ1) is 31.8. The van der Waals surface area contributed by atoms with E-state index in [2.05, 4.69) is 30.8 Å². The van der Waals surface area contributed by atoms with Crippen molar-refractivity contribution >= 4 is 81.3 Å². The lowest BCUT2D eigenvalue weighted by atomic mass is 10.1. The van der Waals surface area contributed by atoms with Crippen molar-refractivity contribution in [1.29, 1.82) is 0 Å². The second-order valence-corrected chi connectivity index (χ2v) is 12.9. The van der Waals surface area contributed by atoms with Crippen molar-refractivity contribution in [2.24, 2.45) is 10.2 Å². The highest BCUT2D eigenvalue weighted by molar-refractivity contribution is 7.86. The molecule has 0 atom stereocenters. The van der Waals surface area contributed by atoms with Gasteiger partial charge in [0.1, 0.15) is 32.9 Å². The van der Waals surface area contributed by atoms with E-state index in [1.807, 2.05) is 0 Å². The Hall–Kier alpha value is -4.12. The molecule has 0 bridgehead atoms. The summed E-state index contributed by atoms with van der Waals surface area (Å²) in [5.74, 6) is -3.76.